The van der Waals surface area contributed by atoms with E-state index in [4.69, 9.17) is 4.74 Å². The van der Waals surface area contributed by atoms with Crippen LogP contribution in [0.25, 0.3) is 0 Å². The summed E-state index contributed by atoms with van der Waals surface area (Å²) in [4.78, 5) is 34.9. The van der Waals surface area contributed by atoms with Crippen LogP contribution in [0.2, 0.25) is 0 Å². The zero-order valence-corrected chi connectivity index (χ0v) is 14.6. The molecular weight excluding hydrogens is 308 g/mol. The average molecular weight is 334 g/mol. The fourth-order valence-electron chi connectivity index (χ4n) is 2.00. The highest BCUT2D eigenvalue weighted by Gasteiger charge is 2.10. The number of aryl methyl sites for hydroxylation is 1. The standard InChI is InChI=1S/C18H26N2O4/c1-4-14-7-5-6-8-15(14)20-16(21)11-19-17(22)12-24-18(23)10-9-13(2)3/h5-8,13H,4,9-12H2,1-3H3,(H,19,22)(H,20,21). The Hall–Kier alpha value is -2.37. The van der Waals surface area contributed by atoms with Gasteiger partial charge in [0.15, 0.2) is 6.61 Å². The lowest BCUT2D eigenvalue weighted by Crippen LogP contribution is -2.35. The first-order valence-electron chi connectivity index (χ1n) is 8.22. The summed E-state index contributed by atoms with van der Waals surface area (Å²) >= 11 is 0. The van der Waals surface area contributed by atoms with Crippen LogP contribution in [0.1, 0.15) is 39.2 Å². The van der Waals surface area contributed by atoms with Crippen LogP contribution < -0.4 is 10.6 Å². The third-order valence-corrected chi connectivity index (χ3v) is 3.41. The highest BCUT2D eigenvalue weighted by atomic mass is 16.5. The molecule has 2 N–H and O–H groups in total. The van der Waals surface area contributed by atoms with Crippen LogP contribution in [0.5, 0.6) is 0 Å². The molecule has 0 aliphatic carbocycles. The number of carbonyl (C=O) groups excluding carboxylic acids is 3. The number of hydrogen-bond donors (Lipinski definition) is 2. The second-order valence-electron chi connectivity index (χ2n) is 5.93. The van der Waals surface area contributed by atoms with Crippen LogP contribution >= 0.6 is 0 Å². The fourth-order valence-corrected chi connectivity index (χ4v) is 2.00. The minimum absolute atomic E-state index is 0.166. The number of amides is 2. The highest BCUT2D eigenvalue weighted by molar-refractivity contribution is 5.95. The highest BCUT2D eigenvalue weighted by Crippen LogP contribution is 2.14. The molecule has 0 aromatic heterocycles. The van der Waals surface area contributed by atoms with Crippen LogP contribution in [-0.2, 0) is 25.5 Å². The monoisotopic (exact) mass is 334 g/mol. The van der Waals surface area contributed by atoms with Crippen molar-refractivity contribution >= 4 is 23.5 Å². The van der Waals surface area contributed by atoms with Crippen molar-refractivity contribution in [3.8, 4) is 0 Å². The Kier molecular flexibility index (Phi) is 8.54. The maximum Gasteiger partial charge on any atom is 0.306 e. The van der Waals surface area contributed by atoms with Crippen LogP contribution in [0.4, 0.5) is 5.69 Å². The van der Waals surface area contributed by atoms with Gasteiger partial charge < -0.3 is 15.4 Å². The van der Waals surface area contributed by atoms with Gasteiger partial charge in [0.1, 0.15) is 0 Å². The van der Waals surface area contributed by atoms with E-state index < -0.39 is 11.9 Å². The molecule has 0 aliphatic heterocycles. The van der Waals surface area contributed by atoms with Gasteiger partial charge in [-0.2, -0.15) is 0 Å². The van der Waals surface area contributed by atoms with E-state index in [1.54, 1.807) is 0 Å². The Morgan fingerprint density at radius 2 is 1.83 bits per heavy atom. The fraction of sp³-hybridized carbons (Fsp3) is 0.500. The van der Waals surface area contributed by atoms with Crippen LogP contribution in [0, 0.1) is 5.92 Å². The van der Waals surface area contributed by atoms with Gasteiger partial charge in [-0.25, -0.2) is 0 Å². The van der Waals surface area contributed by atoms with E-state index >= 15 is 0 Å². The number of rotatable bonds is 9. The van der Waals surface area contributed by atoms with Crippen molar-refractivity contribution in [3.63, 3.8) is 0 Å². The quantitative estimate of drug-likeness (QED) is 0.679. The minimum Gasteiger partial charge on any atom is -0.456 e. The topological polar surface area (TPSA) is 84.5 Å². The minimum atomic E-state index is -0.494. The molecule has 132 valence electrons. The lowest BCUT2D eigenvalue weighted by Gasteiger charge is -2.10. The van der Waals surface area contributed by atoms with Crippen LogP contribution in [0.3, 0.4) is 0 Å². The maximum absolute atomic E-state index is 11.9. The normalized spacial score (nSPS) is 10.3. The first-order chi connectivity index (χ1) is 11.4. The molecule has 0 aliphatic rings. The molecule has 0 saturated heterocycles. The molecule has 0 radical (unpaired) electrons. The number of carbonyl (C=O) groups is 3. The van der Waals surface area contributed by atoms with E-state index in [1.807, 2.05) is 45.0 Å². The van der Waals surface area contributed by atoms with Gasteiger partial charge in [0.2, 0.25) is 5.91 Å². The van der Waals surface area contributed by atoms with Gasteiger partial charge in [-0.1, -0.05) is 39.0 Å². The van der Waals surface area contributed by atoms with E-state index in [2.05, 4.69) is 10.6 Å². The predicted molar refractivity (Wildman–Crippen MR) is 92.5 cm³/mol. The van der Waals surface area contributed by atoms with E-state index in [-0.39, 0.29) is 19.1 Å². The van der Waals surface area contributed by atoms with E-state index in [0.717, 1.165) is 24.1 Å². The Bertz CT molecular complexity index is 570. The van der Waals surface area contributed by atoms with Gasteiger partial charge in [0.05, 0.1) is 6.54 Å². The number of anilines is 1. The van der Waals surface area contributed by atoms with Gasteiger partial charge in [-0.05, 0) is 30.4 Å². The molecule has 0 saturated carbocycles. The second-order valence-corrected chi connectivity index (χ2v) is 5.93. The average Bonchev–Trinajstić information content (AvgIpc) is 2.56. The summed E-state index contributed by atoms with van der Waals surface area (Å²) < 4.78 is 4.86. The van der Waals surface area contributed by atoms with Crippen molar-refractivity contribution in [3.05, 3.63) is 29.8 Å². The van der Waals surface area contributed by atoms with Gasteiger partial charge in [-0.3, -0.25) is 14.4 Å². The zero-order chi connectivity index (χ0) is 17.9. The van der Waals surface area contributed by atoms with E-state index in [0.29, 0.717) is 12.3 Å². The summed E-state index contributed by atoms with van der Waals surface area (Å²) in [7, 11) is 0. The third-order valence-electron chi connectivity index (χ3n) is 3.41. The molecule has 6 nitrogen and oxygen atoms in total. The van der Waals surface area contributed by atoms with Gasteiger partial charge in [-0.15, -0.1) is 0 Å². The lowest BCUT2D eigenvalue weighted by atomic mass is 10.1. The molecular formula is C18H26N2O4. The molecule has 1 rings (SSSR count). The molecule has 1 aromatic rings. The summed E-state index contributed by atoms with van der Waals surface area (Å²) in [6, 6.07) is 7.49. The number of ether oxygens (including phenoxy) is 1. The summed E-state index contributed by atoms with van der Waals surface area (Å²) in [6.45, 7) is 5.49. The third kappa shape index (κ3) is 7.76. The van der Waals surface area contributed by atoms with Crippen LogP contribution in [-0.4, -0.2) is 30.9 Å². The van der Waals surface area contributed by atoms with E-state index in [9.17, 15) is 14.4 Å². The molecule has 0 bridgehead atoms. The van der Waals surface area contributed by atoms with Gasteiger partial charge in [0.25, 0.3) is 5.91 Å². The van der Waals surface area contributed by atoms with Crippen molar-refractivity contribution in [1.29, 1.82) is 0 Å². The second kappa shape index (κ2) is 10.4. The number of para-hydroxylation sites is 1. The Morgan fingerprint density at radius 1 is 1.12 bits per heavy atom. The molecule has 0 spiro atoms. The molecule has 0 atom stereocenters. The van der Waals surface area contributed by atoms with Crippen molar-refractivity contribution in [1.82, 2.24) is 5.32 Å². The SMILES string of the molecule is CCc1ccccc1NC(=O)CNC(=O)COC(=O)CCC(C)C. The van der Waals surface area contributed by atoms with Crippen LogP contribution in [0.15, 0.2) is 24.3 Å². The number of esters is 1. The first-order valence-corrected chi connectivity index (χ1v) is 8.22. The van der Waals surface area contributed by atoms with Gasteiger partial charge >= 0.3 is 5.97 Å². The molecule has 0 heterocycles. The molecule has 1 aromatic carbocycles. The molecule has 0 unspecified atom stereocenters. The number of hydrogen-bond acceptors (Lipinski definition) is 4. The summed E-state index contributed by atoms with van der Waals surface area (Å²) in [6.07, 6.45) is 1.81. The van der Waals surface area contributed by atoms with E-state index in [1.165, 1.54) is 0 Å². The summed E-state index contributed by atoms with van der Waals surface area (Å²) in [5, 5.41) is 5.19. The number of benzene rings is 1. The number of nitrogens with one attached hydrogen (secondary N) is 2. The first kappa shape index (κ1) is 19.7. The van der Waals surface area contributed by atoms with Crippen molar-refractivity contribution in [2.75, 3.05) is 18.5 Å². The Morgan fingerprint density at radius 3 is 2.50 bits per heavy atom. The molecule has 0 fully saturated rings. The largest absolute Gasteiger partial charge is 0.456 e. The smallest absolute Gasteiger partial charge is 0.306 e. The summed E-state index contributed by atoms with van der Waals surface area (Å²) in [5.74, 6) is -0.816. The molecule has 6 heteroatoms. The zero-order valence-electron chi connectivity index (χ0n) is 14.6. The molecule has 2 amide bonds. The Balaban J connectivity index is 2.29. The Labute approximate surface area is 143 Å². The lowest BCUT2D eigenvalue weighted by molar-refractivity contribution is -0.148. The van der Waals surface area contributed by atoms with Crippen molar-refractivity contribution < 1.29 is 19.1 Å². The molecule has 24 heavy (non-hydrogen) atoms. The maximum atomic E-state index is 11.9. The van der Waals surface area contributed by atoms with Crippen molar-refractivity contribution in [2.45, 2.75) is 40.0 Å². The predicted octanol–water partition coefficient (Wildman–Crippen LogP) is 2.28. The van der Waals surface area contributed by atoms with Gasteiger partial charge in [0, 0.05) is 12.1 Å². The van der Waals surface area contributed by atoms with Crippen molar-refractivity contribution in [2.24, 2.45) is 5.92 Å². The summed E-state index contributed by atoms with van der Waals surface area (Å²) in [5.41, 5.74) is 1.76.